The third kappa shape index (κ3) is 42.2. The van der Waals surface area contributed by atoms with Gasteiger partial charge in [0.25, 0.3) is 0 Å². The zero-order chi connectivity index (χ0) is 40.8. The smallest absolute Gasteiger partial charge is 0.222 e. The second-order valence-corrected chi connectivity index (χ2v) is 17.1. The lowest BCUT2D eigenvalue weighted by Gasteiger charge is -2.21. The first-order valence-electron chi connectivity index (χ1n) is 24.8. The van der Waals surface area contributed by atoms with Crippen LogP contribution in [-0.4, -0.2) is 46.1 Å². The Labute approximate surface area is 349 Å². The molecule has 0 saturated carbocycles. The molecule has 3 atom stereocenters. The molecular formula is C51H97NO4. The van der Waals surface area contributed by atoms with E-state index in [1.165, 1.54) is 199 Å². The van der Waals surface area contributed by atoms with Crippen LogP contribution in [0.25, 0.3) is 0 Å². The van der Waals surface area contributed by atoms with E-state index in [4.69, 9.17) is 0 Å². The Kier molecular flexibility index (Phi) is 45.1. The number of carbonyl (C=O) groups is 1. The van der Waals surface area contributed by atoms with E-state index in [0.717, 1.165) is 32.1 Å². The van der Waals surface area contributed by atoms with Crippen LogP contribution in [0.2, 0.25) is 0 Å². The van der Waals surface area contributed by atoms with Crippen LogP contribution < -0.4 is 5.32 Å². The van der Waals surface area contributed by atoms with Gasteiger partial charge in [-0.25, -0.2) is 0 Å². The number of rotatable bonds is 45. The first-order chi connectivity index (χ1) is 27.5. The summed E-state index contributed by atoms with van der Waals surface area (Å²) in [4.78, 5) is 12.5. The van der Waals surface area contributed by atoms with Gasteiger partial charge in [0.1, 0.15) is 0 Å². The molecule has 0 radical (unpaired) electrons. The molecule has 4 N–H and O–H groups in total. The third-order valence-electron chi connectivity index (χ3n) is 11.4. The van der Waals surface area contributed by atoms with Crippen molar-refractivity contribution in [3.05, 3.63) is 36.5 Å². The Bertz CT molecular complexity index is 870. The monoisotopic (exact) mass is 788 g/mol. The molecule has 0 fully saturated rings. The number of aliphatic hydroxyl groups excluding tert-OH is 3. The van der Waals surface area contributed by atoms with Crippen LogP contribution in [0.3, 0.4) is 0 Å². The van der Waals surface area contributed by atoms with Crippen LogP contribution in [0.4, 0.5) is 0 Å². The fourth-order valence-electron chi connectivity index (χ4n) is 7.59. The summed E-state index contributed by atoms with van der Waals surface area (Å²) in [6.45, 7) is 4.21. The molecule has 5 heteroatoms. The van der Waals surface area contributed by atoms with Crippen molar-refractivity contribution in [2.24, 2.45) is 0 Å². The molecule has 0 aliphatic carbocycles. The lowest BCUT2D eigenvalue weighted by Crippen LogP contribution is -2.45. The second-order valence-electron chi connectivity index (χ2n) is 17.1. The van der Waals surface area contributed by atoms with Crippen molar-refractivity contribution < 1.29 is 20.1 Å². The van der Waals surface area contributed by atoms with Crippen molar-refractivity contribution in [3.63, 3.8) is 0 Å². The molecule has 0 aromatic carbocycles. The SMILES string of the molecule is CCCCCCCCCCCC/C=C/CC/C=C/C(O)C(CO)NC(=O)CC(O)CCCCCCCCCCC/C=C\CCCCCCCCCCCCCC. The van der Waals surface area contributed by atoms with E-state index in [-0.39, 0.29) is 18.9 Å². The predicted molar refractivity (Wildman–Crippen MR) is 245 cm³/mol. The molecule has 0 bridgehead atoms. The molecule has 0 heterocycles. The number of nitrogens with one attached hydrogen (secondary N) is 1. The Balaban J connectivity index is 3.63. The van der Waals surface area contributed by atoms with Gasteiger partial charge >= 0.3 is 0 Å². The van der Waals surface area contributed by atoms with E-state index in [9.17, 15) is 20.1 Å². The minimum atomic E-state index is -0.952. The summed E-state index contributed by atoms with van der Waals surface area (Å²) in [5.41, 5.74) is 0. The number of hydrogen-bond acceptors (Lipinski definition) is 4. The molecule has 3 unspecified atom stereocenters. The minimum absolute atomic E-state index is 0.00532. The van der Waals surface area contributed by atoms with Crippen LogP contribution in [-0.2, 0) is 4.79 Å². The van der Waals surface area contributed by atoms with Crippen molar-refractivity contribution in [2.75, 3.05) is 6.61 Å². The molecule has 0 rings (SSSR count). The van der Waals surface area contributed by atoms with Crippen LogP contribution >= 0.6 is 0 Å². The second kappa shape index (κ2) is 46.3. The van der Waals surface area contributed by atoms with Crippen LogP contribution in [0.1, 0.15) is 258 Å². The van der Waals surface area contributed by atoms with Gasteiger partial charge in [0.15, 0.2) is 0 Å². The number of hydrogen-bond donors (Lipinski definition) is 4. The largest absolute Gasteiger partial charge is 0.394 e. The Hall–Kier alpha value is -1.43. The number of amides is 1. The summed E-state index contributed by atoms with van der Waals surface area (Å²) in [5, 5.41) is 33.3. The number of allylic oxidation sites excluding steroid dienone is 5. The van der Waals surface area contributed by atoms with Gasteiger partial charge in [-0.3, -0.25) is 4.79 Å². The highest BCUT2D eigenvalue weighted by molar-refractivity contribution is 5.76. The highest BCUT2D eigenvalue weighted by Gasteiger charge is 2.20. The molecule has 330 valence electrons. The van der Waals surface area contributed by atoms with E-state index in [2.05, 4.69) is 43.5 Å². The number of unbranched alkanes of at least 4 members (excludes halogenated alkanes) is 32. The summed E-state index contributed by atoms with van der Waals surface area (Å²) < 4.78 is 0. The Morgan fingerprint density at radius 3 is 1.14 bits per heavy atom. The predicted octanol–water partition coefficient (Wildman–Crippen LogP) is 14.7. The first-order valence-corrected chi connectivity index (χ1v) is 24.8. The molecule has 56 heavy (non-hydrogen) atoms. The molecular weight excluding hydrogens is 691 g/mol. The highest BCUT2D eigenvalue weighted by atomic mass is 16.3. The molecule has 0 aliphatic rings. The van der Waals surface area contributed by atoms with E-state index in [0.29, 0.717) is 6.42 Å². The van der Waals surface area contributed by atoms with Crippen molar-refractivity contribution in [1.82, 2.24) is 5.32 Å². The van der Waals surface area contributed by atoms with Gasteiger partial charge in [0.05, 0.1) is 31.3 Å². The van der Waals surface area contributed by atoms with Crippen molar-refractivity contribution in [3.8, 4) is 0 Å². The summed E-state index contributed by atoms with van der Waals surface area (Å²) in [6, 6.07) is -0.761. The van der Waals surface area contributed by atoms with Gasteiger partial charge in [-0.1, -0.05) is 230 Å². The highest BCUT2D eigenvalue weighted by Crippen LogP contribution is 2.16. The fourth-order valence-corrected chi connectivity index (χ4v) is 7.59. The van der Waals surface area contributed by atoms with Gasteiger partial charge in [0.2, 0.25) is 5.91 Å². The van der Waals surface area contributed by atoms with Crippen LogP contribution in [0.5, 0.6) is 0 Å². The summed E-state index contributed by atoms with van der Waals surface area (Å²) in [5.74, 6) is -0.325. The van der Waals surface area contributed by atoms with Crippen LogP contribution in [0.15, 0.2) is 36.5 Å². The number of aliphatic hydroxyl groups is 3. The standard InChI is InChI=1S/C51H97NO4/c1-3-5-7-9-11-13-15-17-19-21-22-23-24-25-26-27-28-29-30-32-34-36-38-40-42-44-48(54)46-51(56)52-49(47-53)50(55)45-43-41-39-37-35-33-31-20-18-16-14-12-10-8-6-4-2/h25-26,35,37,43,45,48-50,53-55H,3-24,27-34,36,38-42,44,46-47H2,1-2H3,(H,52,56)/b26-25-,37-35+,45-43+. The molecule has 0 aromatic rings. The van der Waals surface area contributed by atoms with E-state index in [1.54, 1.807) is 6.08 Å². The van der Waals surface area contributed by atoms with E-state index < -0.39 is 18.2 Å². The molecule has 0 aliphatic heterocycles. The Morgan fingerprint density at radius 1 is 0.446 bits per heavy atom. The topological polar surface area (TPSA) is 89.8 Å². The lowest BCUT2D eigenvalue weighted by molar-refractivity contribution is -0.124. The quantitative estimate of drug-likeness (QED) is 0.0365. The van der Waals surface area contributed by atoms with E-state index >= 15 is 0 Å². The van der Waals surface area contributed by atoms with Gasteiger partial charge in [-0.15, -0.1) is 0 Å². The summed E-state index contributed by atoms with van der Waals surface area (Å²) >= 11 is 0. The van der Waals surface area contributed by atoms with Gasteiger partial charge in [-0.05, 0) is 57.8 Å². The normalized spacial score (nSPS) is 13.7. The molecule has 0 spiro atoms. The van der Waals surface area contributed by atoms with E-state index in [1.807, 2.05) is 6.08 Å². The van der Waals surface area contributed by atoms with Crippen LogP contribution in [0, 0.1) is 0 Å². The maximum Gasteiger partial charge on any atom is 0.222 e. The van der Waals surface area contributed by atoms with Gasteiger partial charge in [0, 0.05) is 0 Å². The maximum absolute atomic E-state index is 12.5. The zero-order valence-electron chi connectivity index (χ0n) is 37.5. The first kappa shape index (κ1) is 54.6. The minimum Gasteiger partial charge on any atom is -0.394 e. The van der Waals surface area contributed by atoms with Gasteiger partial charge in [-0.2, -0.15) is 0 Å². The van der Waals surface area contributed by atoms with Crippen molar-refractivity contribution >= 4 is 5.91 Å². The van der Waals surface area contributed by atoms with Crippen molar-refractivity contribution in [2.45, 2.75) is 276 Å². The molecule has 5 nitrogen and oxygen atoms in total. The fraction of sp³-hybridized carbons (Fsp3) is 0.863. The lowest BCUT2D eigenvalue weighted by atomic mass is 10.0. The third-order valence-corrected chi connectivity index (χ3v) is 11.4. The summed E-state index contributed by atoms with van der Waals surface area (Å²) in [6.07, 6.45) is 58.8. The van der Waals surface area contributed by atoms with Gasteiger partial charge < -0.3 is 20.6 Å². The maximum atomic E-state index is 12.5. The molecule has 1 amide bonds. The molecule has 0 saturated heterocycles. The Morgan fingerprint density at radius 2 is 0.768 bits per heavy atom. The van der Waals surface area contributed by atoms with Crippen molar-refractivity contribution in [1.29, 1.82) is 0 Å². The molecule has 0 aromatic heterocycles. The zero-order valence-corrected chi connectivity index (χ0v) is 37.5. The average molecular weight is 788 g/mol. The average Bonchev–Trinajstić information content (AvgIpc) is 3.19. The summed E-state index contributed by atoms with van der Waals surface area (Å²) in [7, 11) is 0. The number of carbonyl (C=O) groups excluding carboxylic acids is 1.